The van der Waals surface area contributed by atoms with Crippen molar-refractivity contribution in [2.24, 2.45) is 11.1 Å². The van der Waals surface area contributed by atoms with E-state index in [-0.39, 0.29) is 5.88 Å². The maximum Gasteiger partial charge on any atom is 0.247 e. The summed E-state index contributed by atoms with van der Waals surface area (Å²) >= 11 is 0. The van der Waals surface area contributed by atoms with E-state index >= 15 is 0 Å². The molecule has 10 nitrogen and oxygen atoms in total. The minimum absolute atomic E-state index is 0.274. The van der Waals surface area contributed by atoms with Gasteiger partial charge in [-0.05, 0) is 67.8 Å². The van der Waals surface area contributed by atoms with Gasteiger partial charge < -0.3 is 15.2 Å². The number of aromatic nitrogens is 4. The van der Waals surface area contributed by atoms with Gasteiger partial charge in [0, 0.05) is 24.0 Å². The van der Waals surface area contributed by atoms with Crippen molar-refractivity contribution in [3.05, 3.63) is 96.2 Å². The first-order chi connectivity index (χ1) is 20.3. The largest absolute Gasteiger partial charge is 0.497 e. The Hall–Kier alpha value is -5.32. The predicted molar refractivity (Wildman–Crippen MR) is 153 cm³/mol. The van der Waals surface area contributed by atoms with Gasteiger partial charge >= 0.3 is 0 Å². The molecule has 0 spiro atoms. The zero-order valence-corrected chi connectivity index (χ0v) is 23.0. The summed E-state index contributed by atoms with van der Waals surface area (Å²) in [5.41, 5.74) is 7.51. The lowest BCUT2D eigenvalue weighted by molar-refractivity contribution is -0.133. The molecule has 1 fully saturated rings. The van der Waals surface area contributed by atoms with Crippen molar-refractivity contribution < 1.29 is 23.5 Å². The standard InChI is InChI=1S/C31H27FN6O4/c1-19-27-25(13-16-34-28(27)37(36-19)18-20-3-10-24(41-2)11-4-20)42-26-12-9-23(17-35-26)38(22-7-5-21(32)6-8-22)30(40)31(14-15-31)29(33)39/h3-13,16-17H,14-15,18H2,1-2H3,(H2,33,39). The minimum Gasteiger partial charge on any atom is -0.497 e. The summed E-state index contributed by atoms with van der Waals surface area (Å²) in [6.07, 6.45) is 3.82. The van der Waals surface area contributed by atoms with E-state index in [0.29, 0.717) is 42.2 Å². The lowest BCUT2D eigenvalue weighted by Gasteiger charge is -2.26. The lowest BCUT2D eigenvalue weighted by Crippen LogP contribution is -2.41. The maximum atomic E-state index is 13.6. The van der Waals surface area contributed by atoms with Crippen LogP contribution in [0.5, 0.6) is 17.4 Å². The second-order valence-corrected chi connectivity index (χ2v) is 10.1. The number of halogens is 1. The number of pyridine rings is 2. The van der Waals surface area contributed by atoms with Gasteiger partial charge in [0.1, 0.15) is 22.7 Å². The third kappa shape index (κ3) is 4.89. The number of nitrogens with two attached hydrogens (primary N) is 1. The average Bonchev–Trinajstić information content (AvgIpc) is 3.76. The van der Waals surface area contributed by atoms with Crippen LogP contribution in [-0.2, 0) is 16.1 Å². The van der Waals surface area contributed by atoms with E-state index < -0.39 is 23.0 Å². The number of carbonyl (C=O) groups is 2. The monoisotopic (exact) mass is 566 g/mol. The molecule has 2 N–H and O–H groups in total. The lowest BCUT2D eigenvalue weighted by atomic mass is 10.0. The van der Waals surface area contributed by atoms with Crippen LogP contribution in [0.4, 0.5) is 15.8 Å². The molecule has 0 unspecified atom stereocenters. The summed E-state index contributed by atoms with van der Waals surface area (Å²) in [5.74, 6) is -0.0371. The number of hydrogen-bond donors (Lipinski definition) is 1. The first-order valence-corrected chi connectivity index (χ1v) is 13.3. The third-order valence-corrected chi connectivity index (χ3v) is 7.37. The fraction of sp³-hybridized carbons (Fsp3) is 0.194. The maximum absolute atomic E-state index is 13.6. The van der Waals surface area contributed by atoms with Crippen molar-refractivity contribution in [2.45, 2.75) is 26.3 Å². The molecule has 1 aliphatic rings. The van der Waals surface area contributed by atoms with Crippen LogP contribution in [0, 0.1) is 18.2 Å². The molecule has 3 aromatic heterocycles. The highest BCUT2D eigenvalue weighted by Gasteiger charge is 2.57. The number of anilines is 2. The quantitative estimate of drug-likeness (QED) is 0.247. The van der Waals surface area contributed by atoms with Gasteiger partial charge in [-0.1, -0.05) is 12.1 Å². The molecule has 0 saturated heterocycles. The number of carbonyl (C=O) groups excluding carboxylic acids is 2. The minimum atomic E-state index is -1.28. The summed E-state index contributed by atoms with van der Waals surface area (Å²) in [7, 11) is 1.63. The summed E-state index contributed by atoms with van der Waals surface area (Å²) in [6, 6.07) is 18.2. The molecule has 1 aliphatic carbocycles. The van der Waals surface area contributed by atoms with Crippen LogP contribution in [0.2, 0.25) is 0 Å². The van der Waals surface area contributed by atoms with Crippen molar-refractivity contribution >= 4 is 34.2 Å². The number of hydrogen-bond acceptors (Lipinski definition) is 7. The molecule has 2 amide bonds. The Balaban J connectivity index is 1.28. The third-order valence-electron chi connectivity index (χ3n) is 7.37. The molecule has 42 heavy (non-hydrogen) atoms. The van der Waals surface area contributed by atoms with Crippen molar-refractivity contribution in [1.29, 1.82) is 0 Å². The van der Waals surface area contributed by atoms with Crippen LogP contribution in [0.25, 0.3) is 11.0 Å². The SMILES string of the molecule is COc1ccc(Cn2nc(C)c3c(Oc4ccc(N(C(=O)C5(C(N)=O)CC5)c5ccc(F)cc5)cn4)ccnc32)cc1. The molecule has 0 radical (unpaired) electrons. The number of aryl methyl sites for hydroxylation is 1. The highest BCUT2D eigenvalue weighted by atomic mass is 19.1. The number of benzene rings is 2. The van der Waals surface area contributed by atoms with E-state index in [1.54, 1.807) is 31.5 Å². The Labute approximate surface area is 240 Å². The predicted octanol–water partition coefficient (Wildman–Crippen LogP) is 5.05. The molecule has 6 rings (SSSR count). The number of nitrogens with zero attached hydrogens (tertiary/aromatic N) is 5. The van der Waals surface area contributed by atoms with Gasteiger partial charge in [0.15, 0.2) is 5.65 Å². The molecule has 212 valence electrons. The number of primary amides is 1. The first kappa shape index (κ1) is 26.9. The Kier molecular flexibility index (Phi) is 6.77. The van der Waals surface area contributed by atoms with Crippen LogP contribution in [-0.4, -0.2) is 38.7 Å². The molecule has 5 aromatic rings. The first-order valence-electron chi connectivity index (χ1n) is 13.3. The molecule has 1 saturated carbocycles. The molecule has 11 heteroatoms. The average molecular weight is 567 g/mol. The smallest absolute Gasteiger partial charge is 0.247 e. The van der Waals surface area contributed by atoms with E-state index in [4.69, 9.17) is 15.2 Å². The fourth-order valence-corrected chi connectivity index (χ4v) is 4.90. The highest BCUT2D eigenvalue weighted by molar-refractivity contribution is 6.16. The highest BCUT2D eigenvalue weighted by Crippen LogP contribution is 2.49. The van der Waals surface area contributed by atoms with Crippen LogP contribution >= 0.6 is 0 Å². The normalized spacial score (nSPS) is 13.5. The van der Waals surface area contributed by atoms with Crippen molar-refractivity contribution in [3.63, 3.8) is 0 Å². The topological polar surface area (TPSA) is 125 Å². The van der Waals surface area contributed by atoms with Gasteiger partial charge in [-0.15, -0.1) is 0 Å². The van der Waals surface area contributed by atoms with Gasteiger partial charge in [0.05, 0.1) is 36.6 Å². The van der Waals surface area contributed by atoms with E-state index in [0.717, 1.165) is 22.4 Å². The van der Waals surface area contributed by atoms with Crippen LogP contribution in [0.1, 0.15) is 24.1 Å². The number of rotatable bonds is 9. The number of methoxy groups -OCH3 is 1. The Bertz CT molecular complexity index is 1780. The zero-order chi connectivity index (χ0) is 29.4. The molecular formula is C31H27FN6O4. The Morgan fingerprint density at radius 1 is 1.00 bits per heavy atom. The van der Waals surface area contributed by atoms with Crippen LogP contribution in [0.15, 0.2) is 79.1 Å². The van der Waals surface area contributed by atoms with Gasteiger partial charge in [-0.3, -0.25) is 14.5 Å². The zero-order valence-electron chi connectivity index (χ0n) is 23.0. The molecule has 0 aliphatic heterocycles. The van der Waals surface area contributed by atoms with Gasteiger partial charge in [-0.2, -0.15) is 5.10 Å². The molecular weight excluding hydrogens is 539 g/mol. The molecule has 2 aromatic carbocycles. The van der Waals surface area contributed by atoms with Crippen molar-refractivity contribution in [3.8, 4) is 17.4 Å². The van der Waals surface area contributed by atoms with E-state index in [1.807, 2.05) is 35.9 Å². The summed E-state index contributed by atoms with van der Waals surface area (Å²) in [4.78, 5) is 36.0. The molecule has 3 heterocycles. The van der Waals surface area contributed by atoms with Gasteiger partial charge in [0.25, 0.3) is 0 Å². The van der Waals surface area contributed by atoms with Gasteiger partial charge in [-0.25, -0.2) is 19.0 Å². The van der Waals surface area contributed by atoms with Gasteiger partial charge in [0.2, 0.25) is 17.7 Å². The van der Waals surface area contributed by atoms with E-state index in [9.17, 15) is 14.0 Å². The second-order valence-electron chi connectivity index (χ2n) is 10.1. The number of fused-ring (bicyclic) bond motifs is 1. The Morgan fingerprint density at radius 3 is 2.33 bits per heavy atom. The van der Waals surface area contributed by atoms with E-state index in [1.165, 1.54) is 35.4 Å². The summed E-state index contributed by atoms with van der Waals surface area (Å²) in [5, 5.41) is 5.43. The number of ether oxygens (including phenoxy) is 2. The van der Waals surface area contributed by atoms with Crippen molar-refractivity contribution in [1.82, 2.24) is 19.7 Å². The summed E-state index contributed by atoms with van der Waals surface area (Å²) in [6.45, 7) is 2.40. The second kappa shape index (κ2) is 10.6. The number of amides is 2. The molecule has 0 bridgehead atoms. The van der Waals surface area contributed by atoms with E-state index in [2.05, 4.69) is 15.1 Å². The van der Waals surface area contributed by atoms with Crippen LogP contribution < -0.4 is 20.1 Å². The van der Waals surface area contributed by atoms with Crippen LogP contribution in [0.3, 0.4) is 0 Å². The summed E-state index contributed by atoms with van der Waals surface area (Å²) < 4.78 is 26.9. The molecule has 0 atom stereocenters. The van der Waals surface area contributed by atoms with Crippen molar-refractivity contribution in [2.75, 3.05) is 12.0 Å². The fourth-order valence-electron chi connectivity index (χ4n) is 4.90. The Morgan fingerprint density at radius 2 is 1.71 bits per heavy atom.